The number of unbranched alkanes of at least 4 members (excludes halogenated alkanes) is 4. The SMILES string of the molecule is CC=Cc1cc2cc(CC(=O)CCCCCCC)c(C)c(OC)c2cn1. The lowest BCUT2D eigenvalue weighted by Crippen LogP contribution is -2.05. The van der Waals surface area contributed by atoms with Gasteiger partial charge in [0.15, 0.2) is 0 Å². The molecule has 0 saturated heterocycles. The lowest BCUT2D eigenvalue weighted by Gasteiger charge is -2.14. The first-order valence-corrected chi connectivity index (χ1v) is 9.71. The van der Waals surface area contributed by atoms with Gasteiger partial charge in [0.2, 0.25) is 0 Å². The number of pyridine rings is 1. The average molecular weight is 354 g/mol. The number of methoxy groups -OCH3 is 1. The third kappa shape index (κ3) is 5.17. The summed E-state index contributed by atoms with van der Waals surface area (Å²) in [5, 5.41) is 2.07. The van der Waals surface area contributed by atoms with E-state index in [1.807, 2.05) is 32.2 Å². The summed E-state index contributed by atoms with van der Waals surface area (Å²) in [6.07, 6.45) is 12.8. The molecule has 0 atom stereocenters. The molecular weight excluding hydrogens is 322 g/mol. The van der Waals surface area contributed by atoms with E-state index >= 15 is 0 Å². The average Bonchev–Trinajstić information content (AvgIpc) is 2.63. The quantitative estimate of drug-likeness (QED) is 0.488. The predicted octanol–water partition coefficient (Wildman–Crippen LogP) is 6.06. The Bertz CT molecular complexity index is 777. The van der Waals surface area contributed by atoms with Crippen molar-refractivity contribution in [2.75, 3.05) is 7.11 Å². The van der Waals surface area contributed by atoms with E-state index in [4.69, 9.17) is 4.74 Å². The topological polar surface area (TPSA) is 39.2 Å². The maximum Gasteiger partial charge on any atom is 0.137 e. The van der Waals surface area contributed by atoms with E-state index < -0.39 is 0 Å². The van der Waals surface area contributed by atoms with Gasteiger partial charge in [-0.1, -0.05) is 44.7 Å². The van der Waals surface area contributed by atoms with Crippen molar-refractivity contribution in [3.8, 4) is 5.75 Å². The Labute approximate surface area is 157 Å². The molecule has 3 nitrogen and oxygen atoms in total. The van der Waals surface area contributed by atoms with Gasteiger partial charge < -0.3 is 4.74 Å². The zero-order chi connectivity index (χ0) is 18.9. The van der Waals surface area contributed by atoms with Crippen molar-refractivity contribution in [2.45, 2.75) is 65.7 Å². The van der Waals surface area contributed by atoms with Gasteiger partial charge in [-0.3, -0.25) is 9.78 Å². The molecule has 26 heavy (non-hydrogen) atoms. The second-order valence-corrected chi connectivity index (χ2v) is 6.90. The number of hydrogen-bond acceptors (Lipinski definition) is 3. The number of Topliss-reactive ketones (excluding diaryl/α,β-unsaturated/α-hetero) is 1. The first-order valence-electron chi connectivity index (χ1n) is 9.71. The van der Waals surface area contributed by atoms with Gasteiger partial charge in [0.05, 0.1) is 12.8 Å². The number of ketones is 1. The number of carbonyl (C=O) groups is 1. The minimum atomic E-state index is 0.314. The Morgan fingerprint density at radius 3 is 2.65 bits per heavy atom. The van der Waals surface area contributed by atoms with Crippen LogP contribution in [-0.2, 0) is 11.2 Å². The second-order valence-electron chi connectivity index (χ2n) is 6.90. The molecule has 0 unspecified atom stereocenters. The molecule has 2 aromatic rings. The van der Waals surface area contributed by atoms with E-state index in [2.05, 4.69) is 24.0 Å². The minimum Gasteiger partial charge on any atom is -0.496 e. The molecule has 0 fully saturated rings. The van der Waals surface area contributed by atoms with Crippen molar-refractivity contribution in [2.24, 2.45) is 0 Å². The highest BCUT2D eigenvalue weighted by Crippen LogP contribution is 2.32. The van der Waals surface area contributed by atoms with Crippen molar-refractivity contribution in [1.82, 2.24) is 4.98 Å². The Kier molecular flexibility index (Phi) is 7.83. The second kappa shape index (κ2) is 10.1. The highest BCUT2D eigenvalue weighted by molar-refractivity contribution is 5.92. The summed E-state index contributed by atoms with van der Waals surface area (Å²) in [4.78, 5) is 16.9. The van der Waals surface area contributed by atoms with Gasteiger partial charge in [-0.05, 0) is 48.9 Å². The van der Waals surface area contributed by atoms with E-state index in [0.29, 0.717) is 18.6 Å². The molecule has 0 aliphatic carbocycles. The zero-order valence-corrected chi connectivity index (χ0v) is 16.6. The van der Waals surface area contributed by atoms with E-state index in [0.717, 1.165) is 46.2 Å². The number of carbonyl (C=O) groups excluding carboxylic acids is 1. The molecule has 0 amide bonds. The van der Waals surface area contributed by atoms with Gasteiger partial charge in [-0.25, -0.2) is 0 Å². The molecule has 0 bridgehead atoms. The molecule has 2 rings (SSSR count). The Morgan fingerprint density at radius 1 is 1.19 bits per heavy atom. The van der Waals surface area contributed by atoms with Crippen LogP contribution in [0.2, 0.25) is 0 Å². The maximum atomic E-state index is 12.4. The Balaban J connectivity index is 2.20. The number of benzene rings is 1. The molecule has 0 aliphatic rings. The molecule has 0 aliphatic heterocycles. The predicted molar refractivity (Wildman–Crippen MR) is 110 cm³/mol. The van der Waals surface area contributed by atoms with Gasteiger partial charge in [0.25, 0.3) is 0 Å². The van der Waals surface area contributed by atoms with Gasteiger partial charge >= 0.3 is 0 Å². The number of rotatable bonds is 10. The Hall–Kier alpha value is -2.16. The summed E-state index contributed by atoms with van der Waals surface area (Å²) in [7, 11) is 1.68. The molecular formula is C23H31NO2. The molecule has 1 heterocycles. The summed E-state index contributed by atoms with van der Waals surface area (Å²) in [6, 6.07) is 4.17. The first-order chi connectivity index (χ1) is 12.6. The highest BCUT2D eigenvalue weighted by Gasteiger charge is 2.14. The van der Waals surface area contributed by atoms with Gasteiger partial charge in [0.1, 0.15) is 11.5 Å². The lowest BCUT2D eigenvalue weighted by atomic mass is 9.96. The van der Waals surface area contributed by atoms with Crippen LogP contribution >= 0.6 is 0 Å². The van der Waals surface area contributed by atoms with E-state index in [9.17, 15) is 4.79 Å². The molecule has 1 aromatic heterocycles. The number of ether oxygens (including phenoxy) is 1. The van der Waals surface area contributed by atoms with Crippen LogP contribution < -0.4 is 4.74 Å². The molecule has 140 valence electrons. The number of aromatic nitrogens is 1. The third-order valence-corrected chi connectivity index (χ3v) is 4.84. The normalized spacial score (nSPS) is 11.4. The van der Waals surface area contributed by atoms with E-state index in [1.165, 1.54) is 19.3 Å². The molecule has 0 radical (unpaired) electrons. The summed E-state index contributed by atoms with van der Waals surface area (Å²) in [6.45, 7) is 6.21. The van der Waals surface area contributed by atoms with E-state index in [1.54, 1.807) is 7.11 Å². The third-order valence-electron chi connectivity index (χ3n) is 4.84. The fourth-order valence-electron chi connectivity index (χ4n) is 3.38. The van der Waals surface area contributed by atoms with Crippen molar-refractivity contribution in [3.63, 3.8) is 0 Å². The minimum absolute atomic E-state index is 0.314. The van der Waals surface area contributed by atoms with Crippen LogP contribution in [-0.4, -0.2) is 17.9 Å². The van der Waals surface area contributed by atoms with Crippen molar-refractivity contribution in [1.29, 1.82) is 0 Å². The van der Waals surface area contributed by atoms with Crippen LogP contribution in [0.15, 0.2) is 24.4 Å². The smallest absolute Gasteiger partial charge is 0.137 e. The summed E-state index contributed by atoms with van der Waals surface area (Å²) in [5.41, 5.74) is 3.02. The summed E-state index contributed by atoms with van der Waals surface area (Å²) in [5.74, 6) is 1.14. The van der Waals surface area contributed by atoms with Crippen molar-refractivity contribution in [3.05, 3.63) is 41.2 Å². The molecule has 0 N–H and O–H groups in total. The van der Waals surface area contributed by atoms with Gasteiger partial charge in [-0.15, -0.1) is 0 Å². The van der Waals surface area contributed by atoms with Crippen LogP contribution in [0.1, 0.15) is 69.2 Å². The molecule has 0 spiro atoms. The van der Waals surface area contributed by atoms with Crippen LogP contribution in [0.5, 0.6) is 5.75 Å². The van der Waals surface area contributed by atoms with Crippen molar-refractivity contribution >= 4 is 22.6 Å². The first kappa shape index (κ1) is 20.2. The maximum absolute atomic E-state index is 12.4. The zero-order valence-electron chi connectivity index (χ0n) is 16.6. The molecule has 1 aromatic carbocycles. The van der Waals surface area contributed by atoms with Gasteiger partial charge in [0, 0.05) is 24.4 Å². The highest BCUT2D eigenvalue weighted by atomic mass is 16.5. The van der Waals surface area contributed by atoms with Crippen LogP contribution in [0.25, 0.3) is 16.8 Å². The van der Waals surface area contributed by atoms with E-state index in [-0.39, 0.29) is 0 Å². The standard InChI is InChI=1S/C23H31NO2/c1-5-7-8-9-10-12-21(25)15-18-13-19-14-20(11-6-2)24-16-22(19)23(26-4)17(18)3/h6,11,13-14,16H,5,7-10,12,15H2,1-4H3. The summed E-state index contributed by atoms with van der Waals surface area (Å²) >= 11 is 0. The van der Waals surface area contributed by atoms with Crippen LogP contribution in [0, 0.1) is 6.92 Å². The number of hydrogen-bond donors (Lipinski definition) is 0. The number of nitrogens with zero attached hydrogens (tertiary/aromatic N) is 1. The number of allylic oxidation sites excluding steroid dienone is 1. The number of fused-ring (bicyclic) bond motifs is 1. The van der Waals surface area contributed by atoms with Crippen molar-refractivity contribution < 1.29 is 9.53 Å². The monoisotopic (exact) mass is 353 g/mol. The fourth-order valence-corrected chi connectivity index (χ4v) is 3.38. The fraction of sp³-hybridized carbons (Fsp3) is 0.478. The van der Waals surface area contributed by atoms with Crippen LogP contribution in [0.4, 0.5) is 0 Å². The largest absolute Gasteiger partial charge is 0.496 e. The molecule has 0 saturated carbocycles. The van der Waals surface area contributed by atoms with Gasteiger partial charge in [-0.2, -0.15) is 0 Å². The molecule has 3 heteroatoms. The Morgan fingerprint density at radius 2 is 1.96 bits per heavy atom. The van der Waals surface area contributed by atoms with Crippen LogP contribution in [0.3, 0.4) is 0 Å². The lowest BCUT2D eigenvalue weighted by molar-refractivity contribution is -0.118. The summed E-state index contributed by atoms with van der Waals surface area (Å²) < 4.78 is 5.64.